The van der Waals surface area contributed by atoms with Gasteiger partial charge in [-0.2, -0.15) is 31.4 Å². The molecule has 0 radical (unpaired) electrons. The van der Waals surface area contributed by atoms with Crippen LogP contribution in [0.2, 0.25) is 0 Å². The van der Waals surface area contributed by atoms with E-state index in [4.69, 9.17) is 0 Å². The molecule has 0 aliphatic rings. The van der Waals surface area contributed by atoms with E-state index in [9.17, 15) is 52.8 Å². The summed E-state index contributed by atoms with van der Waals surface area (Å²) in [5.41, 5.74) is -16.4. The third kappa shape index (κ3) is 5.12. The summed E-state index contributed by atoms with van der Waals surface area (Å²) >= 11 is 0. The van der Waals surface area contributed by atoms with Gasteiger partial charge >= 0.3 is 23.0 Å². The molecule has 2 aromatic rings. The molecule has 1 heterocycles. The van der Waals surface area contributed by atoms with Gasteiger partial charge in [0.25, 0.3) is 0 Å². The predicted molar refractivity (Wildman–Crippen MR) is 103 cm³/mol. The fraction of sp³-hybridized carbons (Fsp3) is 0.294. The lowest BCUT2D eigenvalue weighted by atomic mass is 10.1. The molecule has 194 valence electrons. The zero-order valence-electron chi connectivity index (χ0n) is 17.3. The number of benzene rings is 1. The van der Waals surface area contributed by atoms with Crippen LogP contribution >= 0.6 is 0 Å². The molecule has 0 N–H and O–H groups in total. The summed E-state index contributed by atoms with van der Waals surface area (Å²) in [7, 11) is -12.8. The second kappa shape index (κ2) is 9.48. The Balaban J connectivity index is 3.00. The van der Waals surface area contributed by atoms with Crippen LogP contribution in [-0.2, 0) is 35.6 Å². The van der Waals surface area contributed by atoms with Crippen molar-refractivity contribution in [2.24, 2.45) is 0 Å². The molecule has 0 aliphatic carbocycles. The Morgan fingerprint density at radius 1 is 0.886 bits per heavy atom. The lowest BCUT2D eigenvalue weighted by Crippen LogP contribution is -2.41. The van der Waals surface area contributed by atoms with Crippen molar-refractivity contribution < 1.29 is 62.2 Å². The van der Waals surface area contributed by atoms with Crippen molar-refractivity contribution in [1.82, 2.24) is 9.78 Å². The van der Waals surface area contributed by atoms with E-state index in [0.717, 1.165) is 26.4 Å². The summed E-state index contributed by atoms with van der Waals surface area (Å²) in [5.74, 6) is -2.98. The molecule has 0 atom stereocenters. The van der Waals surface area contributed by atoms with Crippen molar-refractivity contribution >= 4 is 31.6 Å². The lowest BCUT2D eigenvalue weighted by Gasteiger charge is -2.31. The molecule has 0 aliphatic heterocycles. The molecule has 1 aromatic heterocycles. The summed E-state index contributed by atoms with van der Waals surface area (Å²) in [6, 6.07) is 6.36. The number of sulfone groups is 2. The number of aromatic nitrogens is 2. The SMILES string of the molecule is COC(=O)c1nn(-c2ccccc2)c(C[C-](S(=O)(=O)C(F)(F)F)S(=O)(=O)C(F)(F)F)c1C(=O)OC. The summed E-state index contributed by atoms with van der Waals surface area (Å²) in [6.07, 6.45) is -2.17. The van der Waals surface area contributed by atoms with Crippen LogP contribution in [0.1, 0.15) is 26.5 Å². The number of esters is 2. The smallest absolute Gasteiger partial charge is 0.465 e. The third-order valence-electron chi connectivity index (χ3n) is 4.27. The average Bonchev–Trinajstić information content (AvgIpc) is 3.14. The topological polar surface area (TPSA) is 139 Å². The number of carbonyl (C=O) groups excluding carboxylic acids is 2. The Kier molecular flexibility index (Phi) is 7.61. The zero-order chi connectivity index (χ0) is 27.0. The number of hydrogen-bond acceptors (Lipinski definition) is 9. The summed E-state index contributed by atoms with van der Waals surface area (Å²) < 4.78 is 133. The van der Waals surface area contributed by atoms with E-state index < -0.39 is 70.6 Å². The Hall–Kier alpha value is -3.15. The Morgan fingerprint density at radius 3 is 1.74 bits per heavy atom. The maximum Gasteiger partial charge on any atom is 0.469 e. The van der Waals surface area contributed by atoms with Crippen LogP contribution < -0.4 is 0 Å². The Bertz CT molecular complexity index is 1290. The van der Waals surface area contributed by atoms with Crippen LogP contribution in [0, 0.1) is 4.58 Å². The Labute approximate surface area is 193 Å². The molecule has 0 fully saturated rings. The number of carbonyl (C=O) groups is 2. The van der Waals surface area contributed by atoms with Gasteiger partial charge in [0.1, 0.15) is 25.2 Å². The van der Waals surface area contributed by atoms with Crippen LogP contribution in [0.25, 0.3) is 5.69 Å². The van der Waals surface area contributed by atoms with E-state index in [1.165, 1.54) is 18.2 Å². The molecule has 0 saturated carbocycles. The summed E-state index contributed by atoms with van der Waals surface area (Å²) in [6.45, 7) is 0. The first kappa shape index (κ1) is 28.1. The minimum atomic E-state index is -7.14. The van der Waals surface area contributed by atoms with Crippen LogP contribution in [0.4, 0.5) is 26.3 Å². The van der Waals surface area contributed by atoms with Gasteiger partial charge in [0.15, 0.2) is 5.69 Å². The number of rotatable bonds is 7. The number of nitrogens with zero attached hydrogens (tertiary/aromatic N) is 2. The van der Waals surface area contributed by atoms with Gasteiger partial charge in [0, 0.05) is 5.69 Å². The van der Waals surface area contributed by atoms with Gasteiger partial charge in [-0.15, -0.1) is 6.42 Å². The minimum absolute atomic E-state index is 0.198. The second-order valence-electron chi connectivity index (χ2n) is 6.35. The molecule has 0 bridgehead atoms. The van der Waals surface area contributed by atoms with Crippen LogP contribution in [-0.4, -0.2) is 63.8 Å². The first-order chi connectivity index (χ1) is 15.9. The molecule has 35 heavy (non-hydrogen) atoms. The predicted octanol–water partition coefficient (Wildman–Crippen LogP) is 2.35. The second-order valence-corrected chi connectivity index (χ2v) is 10.5. The van der Waals surface area contributed by atoms with Gasteiger partial charge in [-0.1, -0.05) is 22.8 Å². The molecule has 10 nitrogen and oxygen atoms in total. The molecule has 0 spiro atoms. The van der Waals surface area contributed by atoms with E-state index >= 15 is 0 Å². The highest BCUT2D eigenvalue weighted by atomic mass is 32.3. The van der Waals surface area contributed by atoms with Crippen LogP contribution in [0.5, 0.6) is 0 Å². The van der Waals surface area contributed by atoms with E-state index in [0.29, 0.717) is 4.68 Å². The van der Waals surface area contributed by atoms with Crippen molar-refractivity contribution in [3.8, 4) is 5.69 Å². The molecule has 0 saturated heterocycles. The van der Waals surface area contributed by atoms with E-state index in [2.05, 4.69) is 14.6 Å². The fourth-order valence-corrected chi connectivity index (χ4v) is 5.58. The van der Waals surface area contributed by atoms with Gasteiger partial charge in [0.2, 0.25) is 0 Å². The van der Waals surface area contributed by atoms with Crippen molar-refractivity contribution in [2.45, 2.75) is 17.4 Å². The zero-order valence-corrected chi connectivity index (χ0v) is 19.0. The van der Waals surface area contributed by atoms with Gasteiger partial charge in [-0.3, -0.25) is 16.8 Å². The maximum absolute atomic E-state index is 13.2. The number of hydrogen-bond donors (Lipinski definition) is 0. The standard InChI is InChI=1S/C17H13F6N2O8S2/c1-32-14(26)12-10(25(9-6-4-3-5-7-9)24-13(12)15(27)33-2)8-11(34(28,29)16(18,19)20)35(30,31)17(21,22)23/h3-7H,8H2,1-2H3/q-1. The highest BCUT2D eigenvalue weighted by Crippen LogP contribution is 2.43. The van der Waals surface area contributed by atoms with Crippen molar-refractivity contribution in [3.05, 3.63) is 51.9 Å². The van der Waals surface area contributed by atoms with Crippen LogP contribution in [0.15, 0.2) is 30.3 Å². The normalized spacial score (nSPS) is 13.1. The molecule has 18 heteroatoms. The first-order valence-electron chi connectivity index (χ1n) is 8.74. The molecule has 1 aromatic carbocycles. The van der Waals surface area contributed by atoms with E-state index in [1.807, 2.05) is 0 Å². The van der Waals surface area contributed by atoms with Gasteiger partial charge in [-0.25, -0.2) is 14.3 Å². The van der Waals surface area contributed by atoms with E-state index in [1.54, 1.807) is 0 Å². The van der Waals surface area contributed by atoms with Crippen molar-refractivity contribution in [1.29, 1.82) is 0 Å². The summed E-state index contributed by atoms with van der Waals surface area (Å²) in [5, 5.41) is 3.64. The molecule has 0 unspecified atom stereocenters. The number of methoxy groups -OCH3 is 2. The van der Waals surface area contributed by atoms with Gasteiger partial charge in [0.05, 0.1) is 19.9 Å². The number of halogens is 6. The van der Waals surface area contributed by atoms with E-state index in [-0.39, 0.29) is 5.69 Å². The number of ether oxygens (including phenoxy) is 2. The maximum atomic E-state index is 13.2. The van der Waals surface area contributed by atoms with Crippen LogP contribution in [0.3, 0.4) is 0 Å². The Morgan fingerprint density at radius 2 is 1.34 bits per heavy atom. The highest BCUT2D eigenvalue weighted by molar-refractivity contribution is 8.13. The fourth-order valence-electron chi connectivity index (χ4n) is 2.68. The number of alkyl halides is 6. The largest absolute Gasteiger partial charge is 0.469 e. The lowest BCUT2D eigenvalue weighted by molar-refractivity contribution is -0.0455. The average molecular weight is 551 g/mol. The van der Waals surface area contributed by atoms with Crippen molar-refractivity contribution in [2.75, 3.05) is 14.2 Å². The van der Waals surface area contributed by atoms with Gasteiger partial charge in [-0.05, 0) is 12.1 Å². The molecule has 0 amide bonds. The molecular formula is C17H13F6N2O8S2-. The third-order valence-corrected chi connectivity index (χ3v) is 8.29. The summed E-state index contributed by atoms with van der Waals surface area (Å²) in [4.78, 5) is 24.5. The monoisotopic (exact) mass is 551 g/mol. The molecule has 2 rings (SSSR count). The number of para-hydroxylation sites is 1. The molecular weight excluding hydrogens is 538 g/mol. The minimum Gasteiger partial charge on any atom is -0.465 e. The first-order valence-corrected chi connectivity index (χ1v) is 11.7. The van der Waals surface area contributed by atoms with Crippen molar-refractivity contribution in [3.63, 3.8) is 0 Å². The van der Waals surface area contributed by atoms with Gasteiger partial charge < -0.3 is 9.47 Å². The quantitative estimate of drug-likeness (QED) is 0.288. The highest BCUT2D eigenvalue weighted by Gasteiger charge is 2.54.